The molecule has 2 aromatic carbocycles. The number of hydrogen-bond donors (Lipinski definition) is 3. The van der Waals surface area contributed by atoms with E-state index in [2.05, 4.69) is 25.8 Å². The van der Waals surface area contributed by atoms with Gasteiger partial charge in [-0.1, -0.05) is 64.7 Å². The zero-order valence-corrected chi connectivity index (χ0v) is 46.7. The van der Waals surface area contributed by atoms with Gasteiger partial charge in [0.25, 0.3) is 0 Å². The van der Waals surface area contributed by atoms with Crippen LogP contribution in [0.25, 0.3) is 22.8 Å². The number of imidazole rings is 2. The Balaban J connectivity index is 0.000000219. The lowest BCUT2D eigenvalue weighted by atomic mass is 9.77. The lowest BCUT2D eigenvalue weighted by Crippen LogP contribution is -2.46. The maximum absolute atomic E-state index is 15.1. The van der Waals surface area contributed by atoms with Crippen LogP contribution in [-0.4, -0.2) is 129 Å². The third kappa shape index (κ3) is 13.6. The van der Waals surface area contributed by atoms with Crippen LogP contribution in [0.4, 0.5) is 8.78 Å². The smallest absolute Gasteiger partial charge is 0.223 e. The molecule has 0 saturated carbocycles. The molecular formula is C56H76Cl2F2N10O5. The molecule has 4 aliphatic heterocycles. The Kier molecular flexibility index (Phi) is 18.8. The van der Waals surface area contributed by atoms with E-state index in [1.165, 1.54) is 12.1 Å². The molecule has 2 fully saturated rings. The second-order valence-electron chi connectivity index (χ2n) is 22.7. The van der Waals surface area contributed by atoms with Gasteiger partial charge < -0.3 is 30.0 Å². The van der Waals surface area contributed by atoms with Gasteiger partial charge in [-0.2, -0.15) is 0 Å². The number of likely N-dealkylation sites (tertiary alicyclic amines) is 1. The zero-order chi connectivity index (χ0) is 54.5. The molecule has 4 aliphatic rings. The van der Waals surface area contributed by atoms with Crippen LogP contribution in [-0.2, 0) is 40.6 Å². The van der Waals surface area contributed by atoms with E-state index in [4.69, 9.17) is 33.2 Å². The van der Waals surface area contributed by atoms with E-state index in [0.717, 1.165) is 76.1 Å². The standard InChI is InChI=1S/C29H39ClFN5O3.C27H37ClFN5O2/c1-18(37)34-13-9-20(10-14-34)35-11-6-12-36-24(17-35)26(25(38)16-22(28(39)32-5)29(2,3)4)33-27(36)21-8-7-19(30)15-23(21)31;1-27(2,3)20(26(36)30-4)15-23(35)24-22-16-33(18-8-10-31-11-9-18)12-5-13-34(22)25(32-24)19-7-6-17(28)14-21(19)29/h7-8,15,20,22H,6,9-14,16-17H2,1-5H3,(H,32,39);6-7,14,18,20,31H,5,8-13,15-16H2,1-4H3,(H,30,36)/t22-;20-/m11/s1. The minimum atomic E-state index is -0.541. The summed E-state index contributed by atoms with van der Waals surface area (Å²) in [7, 11) is 3.16. The maximum Gasteiger partial charge on any atom is 0.223 e. The van der Waals surface area contributed by atoms with Gasteiger partial charge in [-0.05, 0) is 98.8 Å². The molecule has 8 rings (SSSR count). The molecule has 19 heteroatoms. The Hall–Kier alpha value is -5.07. The summed E-state index contributed by atoms with van der Waals surface area (Å²) in [5.74, 6) is -1.83. The Morgan fingerprint density at radius 3 is 1.40 bits per heavy atom. The van der Waals surface area contributed by atoms with Crippen molar-refractivity contribution in [1.82, 2.24) is 49.8 Å². The predicted molar refractivity (Wildman–Crippen MR) is 288 cm³/mol. The van der Waals surface area contributed by atoms with Gasteiger partial charge in [-0.15, -0.1) is 0 Å². The highest BCUT2D eigenvalue weighted by atomic mass is 35.5. The quantitative estimate of drug-likeness (QED) is 0.117. The molecule has 3 N–H and O–H groups in total. The minimum absolute atomic E-state index is 0.00667. The number of hydrogen-bond acceptors (Lipinski definition) is 10. The summed E-state index contributed by atoms with van der Waals surface area (Å²) in [6.45, 7) is 20.7. The van der Waals surface area contributed by atoms with Crippen LogP contribution in [0.1, 0.15) is 132 Å². The first-order valence-corrected chi connectivity index (χ1v) is 27.3. The number of nitrogens with zero attached hydrogens (tertiary/aromatic N) is 7. The maximum atomic E-state index is 15.1. The number of benzene rings is 2. The van der Waals surface area contributed by atoms with Gasteiger partial charge in [0.1, 0.15) is 34.7 Å². The molecule has 4 aromatic rings. The number of carbonyl (C=O) groups is 5. The Labute approximate surface area is 450 Å². The summed E-state index contributed by atoms with van der Waals surface area (Å²) in [4.78, 5) is 81.0. The number of piperidine rings is 2. The van der Waals surface area contributed by atoms with Crippen LogP contribution in [0.2, 0.25) is 10.0 Å². The molecule has 2 aromatic heterocycles. The van der Waals surface area contributed by atoms with Crippen LogP contribution < -0.4 is 16.0 Å². The fourth-order valence-corrected chi connectivity index (χ4v) is 11.5. The van der Waals surface area contributed by atoms with Crippen LogP contribution >= 0.6 is 23.2 Å². The van der Waals surface area contributed by atoms with Crippen molar-refractivity contribution in [2.45, 2.75) is 138 Å². The number of aromatic nitrogens is 4. The SMILES string of the molecule is CNC(=O)[C@@H](CC(=O)c1nc(-c2ccc(Cl)cc2F)n2c1CN(C1CCN(C(C)=O)CC1)CCC2)C(C)(C)C.CNC(=O)[C@@H](CC(=O)c1nc(-c2ccc(Cl)cc2F)n2c1CN(C1CCNCC1)CCC2)C(C)(C)C. The second kappa shape index (κ2) is 24.5. The first-order valence-electron chi connectivity index (χ1n) is 26.5. The van der Waals surface area contributed by atoms with E-state index >= 15 is 8.78 Å². The van der Waals surface area contributed by atoms with E-state index in [0.29, 0.717) is 84.5 Å². The fourth-order valence-electron chi connectivity index (χ4n) is 11.2. The number of ketones is 2. The van der Waals surface area contributed by atoms with Gasteiger partial charge >= 0.3 is 0 Å². The Bertz CT molecular complexity index is 2730. The van der Waals surface area contributed by atoms with E-state index in [-0.39, 0.29) is 53.2 Å². The van der Waals surface area contributed by atoms with Gasteiger partial charge in [0.2, 0.25) is 17.7 Å². The Morgan fingerprint density at radius 1 is 0.640 bits per heavy atom. The molecule has 6 heterocycles. The lowest BCUT2D eigenvalue weighted by Gasteiger charge is -2.37. The van der Waals surface area contributed by atoms with Gasteiger partial charge in [0.05, 0.1) is 34.4 Å². The summed E-state index contributed by atoms with van der Waals surface area (Å²) in [6.07, 6.45) is 5.57. The van der Waals surface area contributed by atoms with Crippen molar-refractivity contribution in [2.75, 3.05) is 53.4 Å². The number of rotatable bonds is 12. The van der Waals surface area contributed by atoms with Crippen LogP contribution in [0.3, 0.4) is 0 Å². The molecule has 3 amide bonds. The first kappa shape index (κ1) is 57.6. The predicted octanol–water partition coefficient (Wildman–Crippen LogP) is 8.82. The second-order valence-corrected chi connectivity index (χ2v) is 23.6. The summed E-state index contributed by atoms with van der Waals surface area (Å²) in [5.41, 5.74) is 1.98. The average molecular weight is 1080 g/mol. The molecule has 2 saturated heterocycles. The van der Waals surface area contributed by atoms with E-state index in [9.17, 15) is 24.0 Å². The first-order chi connectivity index (χ1) is 35.5. The number of Topliss-reactive ketones (excluding diaryl/α,β-unsaturated/α-hetero) is 2. The molecule has 0 spiro atoms. The molecule has 15 nitrogen and oxygen atoms in total. The third-order valence-electron chi connectivity index (χ3n) is 15.6. The van der Waals surface area contributed by atoms with Gasteiger partial charge in [0, 0.05) is 108 Å². The number of nitrogens with one attached hydrogen (secondary N) is 3. The highest BCUT2D eigenvalue weighted by molar-refractivity contribution is 6.31. The monoisotopic (exact) mass is 1080 g/mol. The van der Waals surface area contributed by atoms with Crippen LogP contribution in [0, 0.1) is 34.3 Å². The molecule has 2 atom stereocenters. The highest BCUT2D eigenvalue weighted by Crippen LogP contribution is 2.37. The van der Waals surface area contributed by atoms with E-state index in [1.807, 2.05) is 55.6 Å². The number of carbonyl (C=O) groups excluding carboxylic acids is 5. The zero-order valence-electron chi connectivity index (χ0n) is 45.2. The van der Waals surface area contributed by atoms with Crippen molar-refractivity contribution in [3.63, 3.8) is 0 Å². The van der Waals surface area contributed by atoms with E-state index < -0.39 is 34.3 Å². The van der Waals surface area contributed by atoms with E-state index in [1.54, 1.807) is 45.3 Å². The molecule has 75 heavy (non-hydrogen) atoms. The number of amides is 3. The molecular weight excluding hydrogens is 1000 g/mol. The third-order valence-corrected chi connectivity index (χ3v) is 16.1. The van der Waals surface area contributed by atoms with Gasteiger partial charge in [-0.25, -0.2) is 18.7 Å². The van der Waals surface area contributed by atoms with Crippen LogP contribution in [0.5, 0.6) is 0 Å². The summed E-state index contributed by atoms with van der Waals surface area (Å²) < 4.78 is 34.1. The number of fused-ring (bicyclic) bond motifs is 2. The molecule has 0 radical (unpaired) electrons. The summed E-state index contributed by atoms with van der Waals surface area (Å²) in [6, 6.07) is 9.72. The molecule has 408 valence electrons. The molecule has 0 bridgehead atoms. The van der Waals surface area contributed by atoms with Gasteiger partial charge in [-0.3, -0.25) is 33.8 Å². The topological polar surface area (TPSA) is 167 Å². The number of halogens is 4. The minimum Gasteiger partial charge on any atom is -0.359 e. The van der Waals surface area contributed by atoms with Gasteiger partial charge in [0.15, 0.2) is 11.6 Å². The average Bonchev–Trinajstić information content (AvgIpc) is 3.69. The highest BCUT2D eigenvalue weighted by Gasteiger charge is 2.39. The largest absolute Gasteiger partial charge is 0.359 e. The van der Waals surface area contributed by atoms with Crippen molar-refractivity contribution in [1.29, 1.82) is 0 Å². The summed E-state index contributed by atoms with van der Waals surface area (Å²) >= 11 is 12.0. The van der Waals surface area contributed by atoms with Crippen molar-refractivity contribution >= 4 is 52.5 Å². The molecule has 0 aliphatic carbocycles. The van der Waals surface area contributed by atoms with Crippen molar-refractivity contribution in [3.05, 3.63) is 80.9 Å². The fraction of sp³-hybridized carbons (Fsp3) is 0.589. The summed E-state index contributed by atoms with van der Waals surface area (Å²) in [5, 5.41) is 9.41. The van der Waals surface area contributed by atoms with Crippen molar-refractivity contribution < 1.29 is 32.8 Å². The van der Waals surface area contributed by atoms with Crippen LogP contribution in [0.15, 0.2) is 36.4 Å². The normalized spacial score (nSPS) is 18.1. The van der Waals surface area contributed by atoms with Crippen molar-refractivity contribution in [2.24, 2.45) is 22.7 Å². The molecule has 0 unspecified atom stereocenters. The van der Waals surface area contributed by atoms with Crippen molar-refractivity contribution in [3.8, 4) is 22.8 Å². The Morgan fingerprint density at radius 2 is 1.04 bits per heavy atom. The lowest BCUT2D eigenvalue weighted by molar-refractivity contribution is -0.130.